The largest absolute Gasteiger partial charge is 0.490 e. The van der Waals surface area contributed by atoms with Gasteiger partial charge in [0.05, 0.1) is 44.3 Å². The Hall–Kier alpha value is -3.73. The van der Waals surface area contributed by atoms with Gasteiger partial charge in [0, 0.05) is 70.7 Å². The first kappa shape index (κ1) is 28.1. The molecule has 7 rings (SSSR count). The fourth-order valence-electron chi connectivity index (χ4n) is 6.52. The van der Waals surface area contributed by atoms with Crippen LogP contribution >= 0.6 is 11.3 Å². The maximum absolute atomic E-state index is 14.6. The minimum atomic E-state index is -0.358. The maximum atomic E-state index is 14.6. The van der Waals surface area contributed by atoms with Gasteiger partial charge in [0.1, 0.15) is 18.2 Å². The lowest BCUT2D eigenvalue weighted by Gasteiger charge is -2.48. The van der Waals surface area contributed by atoms with Crippen molar-refractivity contribution < 1.29 is 23.4 Å². The Morgan fingerprint density at radius 3 is 2.70 bits per heavy atom. The lowest BCUT2D eigenvalue weighted by molar-refractivity contribution is -0.127. The number of fused-ring (bicyclic) bond motifs is 2. The third-order valence-corrected chi connectivity index (χ3v) is 9.95. The zero-order valence-corrected chi connectivity index (χ0v) is 25.1. The number of nitrogens with zero attached hydrogens (tertiary/aromatic N) is 4. The van der Waals surface area contributed by atoms with E-state index in [9.17, 15) is 9.18 Å². The van der Waals surface area contributed by atoms with Crippen LogP contribution in [0.1, 0.15) is 18.5 Å². The van der Waals surface area contributed by atoms with Crippen molar-refractivity contribution in [2.45, 2.75) is 25.9 Å². The molecule has 1 spiro atoms. The van der Waals surface area contributed by atoms with Crippen LogP contribution in [0.15, 0.2) is 54.4 Å². The molecular weight excluding hydrogens is 567 g/mol. The summed E-state index contributed by atoms with van der Waals surface area (Å²) in [5.74, 6) is 0.0293. The summed E-state index contributed by atoms with van der Waals surface area (Å²) in [5, 5.41) is 8.35. The zero-order chi connectivity index (χ0) is 29.6. The second kappa shape index (κ2) is 11.4. The molecule has 2 aromatic carbocycles. The number of rotatable bonds is 8. The minimum Gasteiger partial charge on any atom is -0.490 e. The molecule has 1 amide bonds. The van der Waals surface area contributed by atoms with Crippen LogP contribution in [0.2, 0.25) is 0 Å². The van der Waals surface area contributed by atoms with Crippen molar-refractivity contribution in [3.8, 4) is 28.1 Å². The van der Waals surface area contributed by atoms with Gasteiger partial charge in [0.15, 0.2) is 0 Å². The number of aromatic nitrogens is 2. The second-order valence-electron chi connectivity index (χ2n) is 11.7. The molecule has 2 fully saturated rings. The second-order valence-corrected chi connectivity index (χ2v) is 12.6. The van der Waals surface area contributed by atoms with E-state index in [2.05, 4.69) is 35.1 Å². The molecule has 4 aromatic rings. The van der Waals surface area contributed by atoms with E-state index in [0.29, 0.717) is 44.0 Å². The van der Waals surface area contributed by atoms with Gasteiger partial charge >= 0.3 is 0 Å². The van der Waals surface area contributed by atoms with Crippen LogP contribution < -0.4 is 9.64 Å². The first-order valence-corrected chi connectivity index (χ1v) is 15.6. The van der Waals surface area contributed by atoms with E-state index in [1.807, 2.05) is 4.68 Å². The zero-order valence-electron chi connectivity index (χ0n) is 24.3. The Balaban J connectivity index is 1.38. The molecule has 0 radical (unpaired) electrons. The standard InChI is InChI=1S/C33H35FN4O4S/c1-3-30(39)37-11-12-38-23(19-37)17-27(35-38)26-18-28(36-9-7-33(8-10-36)20-41-21-33)24-6-15-43-32(24)31(26)25-5-4-22(34)16-29(25)42-14-13-40-2/h3-6,15-18H,1,7-14,19-21H2,2H3. The summed E-state index contributed by atoms with van der Waals surface area (Å²) in [7, 11) is 1.62. The number of amides is 1. The monoisotopic (exact) mass is 602 g/mol. The van der Waals surface area contributed by atoms with Crippen LogP contribution in [-0.4, -0.2) is 73.8 Å². The highest BCUT2D eigenvalue weighted by Crippen LogP contribution is 2.49. The number of anilines is 1. The first-order valence-electron chi connectivity index (χ1n) is 14.8. The molecule has 5 heterocycles. The summed E-state index contributed by atoms with van der Waals surface area (Å²) >= 11 is 1.68. The van der Waals surface area contributed by atoms with Crippen LogP contribution in [0.25, 0.3) is 32.5 Å². The lowest BCUT2D eigenvalue weighted by atomic mass is 9.76. The SMILES string of the molecule is C=CC(=O)N1CCn2nc(-c3cc(N4CCC5(CC4)COC5)c4ccsc4c3-c3ccc(F)cc3OCCOC)cc2C1. The number of halogens is 1. The Morgan fingerprint density at radius 2 is 1.95 bits per heavy atom. The topological polar surface area (TPSA) is 69.1 Å². The molecule has 0 bridgehead atoms. The number of carbonyl (C=O) groups excluding carboxylic acids is 1. The molecule has 0 aliphatic carbocycles. The minimum absolute atomic E-state index is 0.0825. The highest BCUT2D eigenvalue weighted by Gasteiger charge is 2.41. The third kappa shape index (κ3) is 5.11. The molecule has 0 atom stereocenters. The highest BCUT2D eigenvalue weighted by molar-refractivity contribution is 7.18. The van der Waals surface area contributed by atoms with Crippen LogP contribution in [0, 0.1) is 11.2 Å². The van der Waals surface area contributed by atoms with Crippen LogP contribution in [0.3, 0.4) is 0 Å². The van der Waals surface area contributed by atoms with E-state index in [4.69, 9.17) is 19.3 Å². The summed E-state index contributed by atoms with van der Waals surface area (Å²) in [6.45, 7) is 9.67. The van der Waals surface area contributed by atoms with Crippen LogP contribution in [0.4, 0.5) is 10.1 Å². The summed E-state index contributed by atoms with van der Waals surface area (Å²) in [6.07, 6.45) is 3.58. The van der Waals surface area contributed by atoms with Gasteiger partial charge in [-0.2, -0.15) is 5.10 Å². The molecule has 3 aliphatic rings. The van der Waals surface area contributed by atoms with Gasteiger partial charge in [-0.05, 0) is 54.6 Å². The molecule has 0 saturated carbocycles. The number of methoxy groups -OCH3 is 1. The normalized spacial score (nSPS) is 17.6. The molecule has 3 aliphatic heterocycles. The summed E-state index contributed by atoms with van der Waals surface area (Å²) in [6, 6.07) is 11.3. The first-order chi connectivity index (χ1) is 21.0. The van der Waals surface area contributed by atoms with E-state index in [0.717, 1.165) is 71.9 Å². The summed E-state index contributed by atoms with van der Waals surface area (Å²) in [4.78, 5) is 16.7. The number of hydrogen-bond acceptors (Lipinski definition) is 7. The smallest absolute Gasteiger partial charge is 0.246 e. The molecular formula is C33H35FN4O4S. The Morgan fingerprint density at radius 1 is 1.12 bits per heavy atom. The molecule has 8 nitrogen and oxygen atoms in total. The number of piperidine rings is 1. The van der Waals surface area contributed by atoms with Crippen molar-refractivity contribution in [1.82, 2.24) is 14.7 Å². The fourth-order valence-corrected chi connectivity index (χ4v) is 7.50. The number of benzene rings is 2. The van der Waals surface area contributed by atoms with E-state index < -0.39 is 0 Å². The molecule has 10 heteroatoms. The highest BCUT2D eigenvalue weighted by atomic mass is 32.1. The van der Waals surface area contributed by atoms with Gasteiger partial charge in [-0.25, -0.2) is 4.39 Å². The van der Waals surface area contributed by atoms with Crippen LogP contribution in [0.5, 0.6) is 5.75 Å². The van der Waals surface area contributed by atoms with Gasteiger partial charge in [-0.15, -0.1) is 11.3 Å². The van der Waals surface area contributed by atoms with E-state index in [1.165, 1.54) is 29.3 Å². The van der Waals surface area contributed by atoms with Gasteiger partial charge in [-0.3, -0.25) is 9.48 Å². The average Bonchev–Trinajstić information content (AvgIpc) is 3.67. The average molecular weight is 603 g/mol. The van der Waals surface area contributed by atoms with Crippen molar-refractivity contribution in [2.75, 3.05) is 58.1 Å². The van der Waals surface area contributed by atoms with Gasteiger partial charge in [-0.1, -0.05) is 6.58 Å². The molecule has 224 valence electrons. The summed E-state index contributed by atoms with van der Waals surface area (Å²) < 4.78 is 34.5. The lowest BCUT2D eigenvalue weighted by Crippen LogP contribution is -2.51. The molecule has 2 saturated heterocycles. The number of ether oxygens (including phenoxy) is 3. The van der Waals surface area contributed by atoms with Crippen molar-refractivity contribution in [1.29, 1.82) is 0 Å². The quantitative estimate of drug-likeness (QED) is 0.189. The molecule has 2 aromatic heterocycles. The Labute approximate surface area is 254 Å². The fraction of sp³-hybridized carbons (Fsp3) is 0.394. The molecule has 0 unspecified atom stereocenters. The van der Waals surface area contributed by atoms with E-state index in [-0.39, 0.29) is 11.7 Å². The Bertz CT molecular complexity index is 1680. The van der Waals surface area contributed by atoms with Crippen molar-refractivity contribution in [2.24, 2.45) is 5.41 Å². The van der Waals surface area contributed by atoms with E-state index >= 15 is 0 Å². The molecule has 43 heavy (non-hydrogen) atoms. The summed E-state index contributed by atoms with van der Waals surface area (Å²) in [5.41, 5.74) is 6.04. The third-order valence-electron chi connectivity index (χ3n) is 9.02. The van der Waals surface area contributed by atoms with Crippen molar-refractivity contribution >= 4 is 33.0 Å². The number of carbonyl (C=O) groups is 1. The molecule has 0 N–H and O–H groups in total. The maximum Gasteiger partial charge on any atom is 0.246 e. The van der Waals surface area contributed by atoms with Crippen LogP contribution in [-0.2, 0) is 27.4 Å². The number of thiophene rings is 1. The Kier molecular flexibility index (Phi) is 7.44. The number of hydrogen-bond donors (Lipinski definition) is 0. The van der Waals surface area contributed by atoms with Gasteiger partial charge in [0.2, 0.25) is 5.91 Å². The predicted octanol–water partition coefficient (Wildman–Crippen LogP) is 5.74. The van der Waals surface area contributed by atoms with Crippen molar-refractivity contribution in [3.63, 3.8) is 0 Å². The van der Waals surface area contributed by atoms with Gasteiger partial charge < -0.3 is 24.0 Å². The van der Waals surface area contributed by atoms with Gasteiger partial charge in [0.25, 0.3) is 0 Å². The van der Waals surface area contributed by atoms with E-state index in [1.54, 1.807) is 29.4 Å². The van der Waals surface area contributed by atoms with Crippen molar-refractivity contribution in [3.05, 3.63) is 65.9 Å². The predicted molar refractivity (Wildman–Crippen MR) is 166 cm³/mol.